The fourth-order valence-electron chi connectivity index (χ4n) is 1.23. The van der Waals surface area contributed by atoms with Crippen molar-refractivity contribution in [3.8, 4) is 0 Å². The normalized spacial score (nSPS) is 13.5. The van der Waals surface area contributed by atoms with Gasteiger partial charge in [-0.25, -0.2) is 0 Å². The quantitative estimate of drug-likeness (QED) is 0.811. The van der Waals surface area contributed by atoms with Crippen molar-refractivity contribution in [3.05, 3.63) is 29.8 Å². The lowest BCUT2D eigenvalue weighted by molar-refractivity contribution is -0.123. The van der Waals surface area contributed by atoms with Gasteiger partial charge in [0.05, 0.1) is 16.6 Å². The lowest BCUT2D eigenvalue weighted by atomic mass is 9.92. The molecule has 1 atom stereocenters. The highest BCUT2D eigenvalue weighted by molar-refractivity contribution is 7.85. The van der Waals surface area contributed by atoms with Crippen molar-refractivity contribution in [2.75, 3.05) is 5.75 Å². The van der Waals surface area contributed by atoms with Gasteiger partial charge in [0.2, 0.25) is 0 Å². The maximum absolute atomic E-state index is 12.0. The van der Waals surface area contributed by atoms with Gasteiger partial charge < -0.3 is 0 Å². The molecule has 0 saturated carbocycles. The third-order valence-corrected chi connectivity index (χ3v) is 3.91. The molecule has 0 aliphatic heterocycles. The smallest absolute Gasteiger partial charge is 0.151 e. The highest BCUT2D eigenvalue weighted by atomic mass is 32.2. The summed E-state index contributed by atoms with van der Waals surface area (Å²) in [6, 6.07) is 7.49. The fourth-order valence-corrected chi connectivity index (χ4v) is 2.71. The molecule has 0 saturated heterocycles. The lowest BCUT2D eigenvalue weighted by Crippen LogP contribution is -2.25. The van der Waals surface area contributed by atoms with E-state index < -0.39 is 16.2 Å². The first-order valence-electron chi connectivity index (χ1n) is 5.29. The van der Waals surface area contributed by atoms with Gasteiger partial charge in [0, 0.05) is 10.3 Å². The van der Waals surface area contributed by atoms with E-state index in [0.29, 0.717) is 0 Å². The van der Waals surface area contributed by atoms with Gasteiger partial charge in [-0.1, -0.05) is 39.0 Å². The van der Waals surface area contributed by atoms with E-state index in [2.05, 4.69) is 0 Å². The van der Waals surface area contributed by atoms with Crippen LogP contribution in [0.1, 0.15) is 26.3 Å². The summed E-state index contributed by atoms with van der Waals surface area (Å²) in [4.78, 5) is 12.5. The third kappa shape index (κ3) is 3.27. The maximum Gasteiger partial charge on any atom is 0.151 e. The molecular formula is C13H18O2S. The molecule has 0 heterocycles. The van der Waals surface area contributed by atoms with Gasteiger partial charge in [-0.3, -0.25) is 9.00 Å². The average molecular weight is 238 g/mol. The van der Waals surface area contributed by atoms with E-state index in [1.807, 2.05) is 52.0 Å². The average Bonchev–Trinajstić information content (AvgIpc) is 2.16. The van der Waals surface area contributed by atoms with Crippen LogP contribution in [0.15, 0.2) is 29.2 Å². The predicted octanol–water partition coefficient (Wildman–Crippen LogP) is 2.72. The molecule has 0 aliphatic rings. The first-order chi connectivity index (χ1) is 7.32. The Morgan fingerprint density at radius 1 is 1.25 bits per heavy atom. The van der Waals surface area contributed by atoms with E-state index in [-0.39, 0.29) is 11.5 Å². The minimum Gasteiger partial charge on any atom is -0.298 e. The predicted molar refractivity (Wildman–Crippen MR) is 66.9 cm³/mol. The molecule has 0 N–H and O–H groups in total. The molecule has 1 unspecified atom stereocenters. The van der Waals surface area contributed by atoms with Crippen molar-refractivity contribution in [1.29, 1.82) is 0 Å². The van der Waals surface area contributed by atoms with Crippen molar-refractivity contribution < 1.29 is 9.00 Å². The summed E-state index contributed by atoms with van der Waals surface area (Å²) < 4.78 is 12.0. The molecule has 0 fully saturated rings. The number of hydrogen-bond acceptors (Lipinski definition) is 2. The molecule has 0 bridgehead atoms. The zero-order valence-corrected chi connectivity index (χ0v) is 11.1. The fraction of sp³-hybridized carbons (Fsp3) is 0.462. The van der Waals surface area contributed by atoms with Gasteiger partial charge in [-0.05, 0) is 18.6 Å². The van der Waals surface area contributed by atoms with Crippen LogP contribution in [0.3, 0.4) is 0 Å². The van der Waals surface area contributed by atoms with Crippen molar-refractivity contribution >= 4 is 16.6 Å². The van der Waals surface area contributed by atoms with Gasteiger partial charge in [0.25, 0.3) is 0 Å². The monoisotopic (exact) mass is 238 g/mol. The summed E-state index contributed by atoms with van der Waals surface area (Å²) in [6.07, 6.45) is 0. The summed E-state index contributed by atoms with van der Waals surface area (Å²) in [6.45, 7) is 7.47. The summed E-state index contributed by atoms with van der Waals surface area (Å²) in [7, 11) is -1.22. The van der Waals surface area contributed by atoms with Crippen LogP contribution in [0.5, 0.6) is 0 Å². The first kappa shape index (κ1) is 13.1. The highest BCUT2D eigenvalue weighted by Crippen LogP contribution is 2.18. The van der Waals surface area contributed by atoms with Crippen LogP contribution >= 0.6 is 0 Å². The molecule has 0 radical (unpaired) electrons. The molecule has 0 amide bonds. The summed E-state index contributed by atoms with van der Waals surface area (Å²) in [5.41, 5.74) is 0.556. The van der Waals surface area contributed by atoms with E-state index in [0.717, 1.165) is 10.5 Å². The van der Waals surface area contributed by atoms with E-state index in [4.69, 9.17) is 0 Å². The Balaban J connectivity index is 2.82. The molecule has 0 spiro atoms. The minimum atomic E-state index is -1.22. The Morgan fingerprint density at radius 2 is 1.81 bits per heavy atom. The van der Waals surface area contributed by atoms with Crippen LogP contribution in [0.4, 0.5) is 0 Å². The van der Waals surface area contributed by atoms with Crippen molar-refractivity contribution in [2.24, 2.45) is 5.41 Å². The largest absolute Gasteiger partial charge is 0.298 e. The SMILES string of the molecule is Cc1ccccc1S(=O)CC(=O)C(C)(C)C. The van der Waals surface area contributed by atoms with E-state index in [9.17, 15) is 9.00 Å². The molecule has 1 aromatic rings. The Bertz CT molecular complexity index is 416. The van der Waals surface area contributed by atoms with Gasteiger partial charge in [-0.2, -0.15) is 0 Å². The van der Waals surface area contributed by atoms with Gasteiger partial charge >= 0.3 is 0 Å². The number of Topliss-reactive ketones (excluding diaryl/α,β-unsaturated/α-hetero) is 1. The van der Waals surface area contributed by atoms with Crippen LogP contribution in [-0.2, 0) is 15.6 Å². The highest BCUT2D eigenvalue weighted by Gasteiger charge is 2.23. The van der Waals surface area contributed by atoms with Gasteiger partial charge in [0.1, 0.15) is 0 Å². The van der Waals surface area contributed by atoms with E-state index in [1.54, 1.807) is 0 Å². The van der Waals surface area contributed by atoms with Crippen molar-refractivity contribution in [3.63, 3.8) is 0 Å². The molecule has 2 nitrogen and oxygen atoms in total. The van der Waals surface area contributed by atoms with Crippen molar-refractivity contribution in [2.45, 2.75) is 32.6 Å². The van der Waals surface area contributed by atoms with Crippen LogP contribution in [0.25, 0.3) is 0 Å². The number of ketones is 1. The zero-order valence-electron chi connectivity index (χ0n) is 10.2. The second-order valence-electron chi connectivity index (χ2n) is 4.93. The van der Waals surface area contributed by atoms with E-state index in [1.165, 1.54) is 0 Å². The Hall–Kier alpha value is -0.960. The Morgan fingerprint density at radius 3 is 2.31 bits per heavy atom. The molecule has 0 aliphatic carbocycles. The topological polar surface area (TPSA) is 34.1 Å². The van der Waals surface area contributed by atoms with Gasteiger partial charge in [-0.15, -0.1) is 0 Å². The molecule has 1 rings (SSSR count). The molecule has 0 aromatic heterocycles. The summed E-state index contributed by atoms with van der Waals surface area (Å²) in [5.74, 6) is 0.142. The molecule has 3 heteroatoms. The first-order valence-corrected chi connectivity index (χ1v) is 6.61. The number of rotatable bonds is 3. The molecule has 16 heavy (non-hydrogen) atoms. The van der Waals surface area contributed by atoms with Gasteiger partial charge in [0.15, 0.2) is 5.78 Å². The molecule has 88 valence electrons. The Kier molecular flexibility index (Phi) is 4.03. The third-order valence-electron chi connectivity index (χ3n) is 2.44. The van der Waals surface area contributed by atoms with Crippen LogP contribution in [-0.4, -0.2) is 15.7 Å². The summed E-state index contributed by atoms with van der Waals surface area (Å²) >= 11 is 0. The maximum atomic E-state index is 12.0. The second-order valence-corrected chi connectivity index (χ2v) is 6.35. The molecular weight excluding hydrogens is 220 g/mol. The number of carbonyl (C=O) groups excluding carboxylic acids is 1. The van der Waals surface area contributed by atoms with Crippen LogP contribution < -0.4 is 0 Å². The van der Waals surface area contributed by atoms with E-state index >= 15 is 0 Å². The lowest BCUT2D eigenvalue weighted by Gasteiger charge is -2.16. The number of aryl methyl sites for hydroxylation is 1. The molecule has 1 aromatic carbocycles. The second kappa shape index (κ2) is 4.91. The number of benzene rings is 1. The van der Waals surface area contributed by atoms with Crippen molar-refractivity contribution in [1.82, 2.24) is 0 Å². The van der Waals surface area contributed by atoms with Crippen LogP contribution in [0.2, 0.25) is 0 Å². The standard InChI is InChI=1S/C13H18O2S/c1-10-7-5-6-8-11(10)16(15)9-12(14)13(2,3)4/h5-8H,9H2,1-4H3. The van der Waals surface area contributed by atoms with Crippen LogP contribution in [0, 0.1) is 12.3 Å². The number of hydrogen-bond donors (Lipinski definition) is 0. The number of carbonyl (C=O) groups is 1. The minimum absolute atomic E-state index is 0.0362. The zero-order chi connectivity index (χ0) is 12.3. The summed E-state index contributed by atoms with van der Waals surface area (Å²) in [5, 5.41) is 0. The Labute approximate surface area is 99.5 Å².